The molecule has 0 bridgehead atoms. The van der Waals surface area contributed by atoms with Gasteiger partial charge in [-0.2, -0.15) is 0 Å². The fraction of sp³-hybridized carbons (Fsp3) is 0.227. The monoisotopic (exact) mass is 428 g/mol. The van der Waals surface area contributed by atoms with Crippen molar-refractivity contribution in [3.05, 3.63) is 77.7 Å². The number of hydrogen-bond donors (Lipinski definition) is 1. The zero-order chi connectivity index (χ0) is 21.7. The standard InChI is InChI=1S/C22H24N2O5S/c1-16-6-4-7-18(12-16)24(15-22(25)23-14-19-8-5-11-29-19)30(26,27)21-13-17(2)9-10-20(21)28-3/h4-13H,14-15H2,1-3H3,(H,23,25). The van der Waals surface area contributed by atoms with E-state index in [1.807, 2.05) is 13.0 Å². The van der Waals surface area contributed by atoms with E-state index in [0.717, 1.165) is 15.4 Å². The first-order valence-corrected chi connectivity index (χ1v) is 10.8. The Morgan fingerprint density at radius 2 is 1.83 bits per heavy atom. The third-order valence-electron chi connectivity index (χ3n) is 4.50. The van der Waals surface area contributed by atoms with Gasteiger partial charge in [-0.25, -0.2) is 8.42 Å². The minimum absolute atomic E-state index is 0.00495. The molecule has 0 aliphatic rings. The van der Waals surface area contributed by atoms with Crippen LogP contribution in [0.15, 0.2) is 70.2 Å². The number of furan rings is 1. The molecule has 8 heteroatoms. The van der Waals surface area contributed by atoms with E-state index in [2.05, 4.69) is 5.32 Å². The van der Waals surface area contributed by atoms with Crippen LogP contribution < -0.4 is 14.4 Å². The molecule has 0 saturated heterocycles. The zero-order valence-corrected chi connectivity index (χ0v) is 17.9. The maximum Gasteiger partial charge on any atom is 0.268 e. The van der Waals surface area contributed by atoms with E-state index in [9.17, 15) is 13.2 Å². The Morgan fingerprint density at radius 3 is 2.50 bits per heavy atom. The molecule has 2 aromatic carbocycles. The van der Waals surface area contributed by atoms with Gasteiger partial charge in [-0.3, -0.25) is 9.10 Å². The molecular formula is C22H24N2O5S. The summed E-state index contributed by atoms with van der Waals surface area (Å²) in [5.74, 6) is 0.339. The molecule has 0 atom stereocenters. The molecule has 3 rings (SSSR count). The van der Waals surface area contributed by atoms with Crippen LogP contribution in [0.4, 0.5) is 5.69 Å². The molecule has 0 fully saturated rings. The Balaban J connectivity index is 1.97. The molecule has 0 saturated carbocycles. The lowest BCUT2D eigenvalue weighted by molar-refractivity contribution is -0.119. The van der Waals surface area contributed by atoms with Crippen molar-refractivity contribution in [3.63, 3.8) is 0 Å². The smallest absolute Gasteiger partial charge is 0.268 e. The second-order valence-corrected chi connectivity index (χ2v) is 8.69. The van der Waals surface area contributed by atoms with Gasteiger partial charge >= 0.3 is 0 Å². The quantitative estimate of drug-likeness (QED) is 0.594. The summed E-state index contributed by atoms with van der Waals surface area (Å²) in [5.41, 5.74) is 2.03. The van der Waals surface area contributed by atoms with Crippen LogP contribution in [0, 0.1) is 13.8 Å². The van der Waals surface area contributed by atoms with Gasteiger partial charge in [0.1, 0.15) is 22.9 Å². The van der Waals surface area contributed by atoms with Gasteiger partial charge in [0.15, 0.2) is 0 Å². The zero-order valence-electron chi connectivity index (χ0n) is 17.1. The molecule has 1 aromatic heterocycles. The number of nitrogens with one attached hydrogen (secondary N) is 1. The lowest BCUT2D eigenvalue weighted by Crippen LogP contribution is -2.40. The minimum atomic E-state index is -4.08. The minimum Gasteiger partial charge on any atom is -0.495 e. The number of carbonyl (C=O) groups excluding carboxylic acids is 1. The van der Waals surface area contributed by atoms with Crippen molar-refractivity contribution in [2.24, 2.45) is 0 Å². The highest BCUT2D eigenvalue weighted by atomic mass is 32.2. The Bertz CT molecular complexity index is 1120. The number of amides is 1. The molecule has 30 heavy (non-hydrogen) atoms. The SMILES string of the molecule is COc1ccc(C)cc1S(=O)(=O)N(CC(=O)NCc1ccco1)c1cccc(C)c1. The van der Waals surface area contributed by atoms with Gasteiger partial charge in [-0.15, -0.1) is 0 Å². The number of aryl methyl sites for hydroxylation is 2. The first-order valence-electron chi connectivity index (χ1n) is 9.34. The van der Waals surface area contributed by atoms with E-state index >= 15 is 0 Å². The van der Waals surface area contributed by atoms with Gasteiger partial charge in [-0.1, -0.05) is 18.2 Å². The van der Waals surface area contributed by atoms with Gasteiger partial charge in [-0.05, 0) is 61.4 Å². The van der Waals surface area contributed by atoms with Crippen molar-refractivity contribution in [1.29, 1.82) is 0 Å². The molecule has 0 aliphatic carbocycles. The Hall–Kier alpha value is -3.26. The predicted molar refractivity (Wildman–Crippen MR) is 114 cm³/mol. The fourth-order valence-corrected chi connectivity index (χ4v) is 4.64. The Morgan fingerprint density at radius 1 is 1.07 bits per heavy atom. The van der Waals surface area contributed by atoms with Crippen LogP contribution in [0.3, 0.4) is 0 Å². The van der Waals surface area contributed by atoms with Crippen LogP contribution in [-0.2, 0) is 21.4 Å². The molecule has 1 N–H and O–H groups in total. The first kappa shape index (κ1) is 21.4. The van der Waals surface area contributed by atoms with Crippen LogP contribution in [0.2, 0.25) is 0 Å². The van der Waals surface area contributed by atoms with E-state index in [4.69, 9.17) is 9.15 Å². The number of anilines is 1. The highest BCUT2D eigenvalue weighted by Crippen LogP contribution is 2.31. The van der Waals surface area contributed by atoms with Crippen molar-refractivity contribution in [1.82, 2.24) is 5.32 Å². The topological polar surface area (TPSA) is 88.9 Å². The van der Waals surface area contributed by atoms with E-state index in [1.165, 1.54) is 19.4 Å². The van der Waals surface area contributed by atoms with Crippen LogP contribution in [-0.4, -0.2) is 28.0 Å². The van der Waals surface area contributed by atoms with Crippen molar-refractivity contribution >= 4 is 21.6 Å². The van der Waals surface area contributed by atoms with Gasteiger partial charge in [0.25, 0.3) is 10.0 Å². The summed E-state index contributed by atoms with van der Waals surface area (Å²) in [6, 6.07) is 15.4. The predicted octanol–water partition coefficient (Wildman–Crippen LogP) is 3.42. The molecule has 0 unspecified atom stereocenters. The number of ether oxygens (including phenoxy) is 1. The van der Waals surface area contributed by atoms with Crippen molar-refractivity contribution in [2.45, 2.75) is 25.3 Å². The van der Waals surface area contributed by atoms with Gasteiger partial charge in [0.2, 0.25) is 5.91 Å². The Kier molecular flexibility index (Phi) is 6.47. The van der Waals surface area contributed by atoms with Gasteiger partial charge in [0, 0.05) is 0 Å². The first-order chi connectivity index (χ1) is 14.3. The second kappa shape index (κ2) is 9.04. The molecular weight excluding hydrogens is 404 g/mol. The molecule has 1 heterocycles. The summed E-state index contributed by atoms with van der Waals surface area (Å²) in [6.07, 6.45) is 1.51. The van der Waals surface area contributed by atoms with Crippen molar-refractivity contribution < 1.29 is 22.4 Å². The maximum atomic E-state index is 13.6. The molecule has 1 amide bonds. The number of rotatable bonds is 8. The molecule has 0 spiro atoms. The number of hydrogen-bond acceptors (Lipinski definition) is 5. The number of methoxy groups -OCH3 is 1. The summed E-state index contributed by atoms with van der Waals surface area (Å²) in [4.78, 5) is 12.6. The van der Waals surface area contributed by atoms with E-state index in [-0.39, 0.29) is 23.7 Å². The number of benzene rings is 2. The lowest BCUT2D eigenvalue weighted by Gasteiger charge is -2.25. The van der Waals surface area contributed by atoms with Crippen LogP contribution in [0.25, 0.3) is 0 Å². The number of sulfonamides is 1. The molecule has 158 valence electrons. The molecule has 3 aromatic rings. The average Bonchev–Trinajstić information content (AvgIpc) is 3.24. The van der Waals surface area contributed by atoms with E-state index < -0.39 is 15.9 Å². The highest BCUT2D eigenvalue weighted by Gasteiger charge is 2.30. The van der Waals surface area contributed by atoms with Crippen LogP contribution >= 0.6 is 0 Å². The van der Waals surface area contributed by atoms with Crippen LogP contribution in [0.1, 0.15) is 16.9 Å². The summed E-state index contributed by atoms with van der Waals surface area (Å²) in [7, 11) is -2.67. The largest absolute Gasteiger partial charge is 0.495 e. The normalized spacial score (nSPS) is 11.2. The summed E-state index contributed by atoms with van der Waals surface area (Å²) < 4.78 is 38.8. The lowest BCUT2D eigenvalue weighted by atomic mass is 10.2. The summed E-state index contributed by atoms with van der Waals surface area (Å²) in [5, 5.41) is 2.69. The van der Waals surface area contributed by atoms with Crippen molar-refractivity contribution in [3.8, 4) is 5.75 Å². The fourth-order valence-electron chi connectivity index (χ4n) is 2.99. The third-order valence-corrected chi connectivity index (χ3v) is 6.30. The van der Waals surface area contributed by atoms with E-state index in [0.29, 0.717) is 11.4 Å². The molecule has 7 nitrogen and oxygen atoms in total. The summed E-state index contributed by atoms with van der Waals surface area (Å²) >= 11 is 0. The summed E-state index contributed by atoms with van der Waals surface area (Å²) in [6.45, 7) is 3.44. The average molecular weight is 429 g/mol. The number of carbonyl (C=O) groups is 1. The molecule has 0 aliphatic heterocycles. The molecule has 0 radical (unpaired) electrons. The van der Waals surface area contributed by atoms with Crippen molar-refractivity contribution in [2.75, 3.05) is 18.0 Å². The highest BCUT2D eigenvalue weighted by molar-refractivity contribution is 7.93. The van der Waals surface area contributed by atoms with Crippen LogP contribution in [0.5, 0.6) is 5.75 Å². The van der Waals surface area contributed by atoms with Gasteiger partial charge in [0.05, 0.1) is 25.6 Å². The Labute approximate surface area is 176 Å². The van der Waals surface area contributed by atoms with Gasteiger partial charge < -0.3 is 14.5 Å². The maximum absolute atomic E-state index is 13.6. The van der Waals surface area contributed by atoms with E-state index in [1.54, 1.807) is 49.4 Å². The second-order valence-electron chi connectivity index (χ2n) is 6.86. The number of nitrogens with zero attached hydrogens (tertiary/aromatic N) is 1. The third kappa shape index (κ3) is 4.83.